The van der Waals surface area contributed by atoms with E-state index in [1.165, 1.54) is 0 Å². The summed E-state index contributed by atoms with van der Waals surface area (Å²) in [7, 11) is 1.62. The number of ether oxygens (including phenoxy) is 2. The fourth-order valence-electron chi connectivity index (χ4n) is 2.22. The number of hydrogen-bond acceptors (Lipinski definition) is 6. The van der Waals surface area contributed by atoms with Crippen LogP contribution in [0.15, 0.2) is 22.7 Å². The van der Waals surface area contributed by atoms with Crippen molar-refractivity contribution in [2.75, 3.05) is 13.7 Å². The third-order valence-corrected chi connectivity index (χ3v) is 3.55. The van der Waals surface area contributed by atoms with E-state index in [-0.39, 0.29) is 6.10 Å². The molecule has 0 aliphatic rings. The molecule has 6 nitrogen and oxygen atoms in total. The zero-order valence-corrected chi connectivity index (χ0v) is 14.0. The molecule has 0 amide bonds. The molecule has 2 rings (SSSR count). The van der Waals surface area contributed by atoms with Crippen molar-refractivity contribution in [3.8, 4) is 11.5 Å². The Labute approximate surface area is 136 Å². The molecule has 1 aromatic heterocycles. The van der Waals surface area contributed by atoms with Crippen LogP contribution in [0, 0.1) is 13.8 Å². The summed E-state index contributed by atoms with van der Waals surface area (Å²) < 4.78 is 16.4. The van der Waals surface area contributed by atoms with Crippen LogP contribution in [0.4, 0.5) is 0 Å². The number of aliphatic hydroxyl groups excluding tert-OH is 1. The predicted molar refractivity (Wildman–Crippen MR) is 86.7 cm³/mol. The van der Waals surface area contributed by atoms with E-state index < -0.39 is 0 Å². The Morgan fingerprint density at radius 2 is 2.09 bits per heavy atom. The summed E-state index contributed by atoms with van der Waals surface area (Å²) in [5.41, 5.74) is 2.85. The topological polar surface area (TPSA) is 76.8 Å². The van der Waals surface area contributed by atoms with E-state index in [1.54, 1.807) is 14.0 Å². The van der Waals surface area contributed by atoms with E-state index in [0.29, 0.717) is 31.2 Å². The first kappa shape index (κ1) is 17.3. The Bertz CT molecular complexity index is 618. The molecule has 23 heavy (non-hydrogen) atoms. The van der Waals surface area contributed by atoms with Gasteiger partial charge in [0.05, 0.1) is 24.5 Å². The zero-order valence-electron chi connectivity index (χ0n) is 14.0. The maximum absolute atomic E-state index is 9.26. The van der Waals surface area contributed by atoms with Gasteiger partial charge >= 0.3 is 0 Å². The molecule has 2 N–H and O–H groups in total. The molecule has 0 spiro atoms. The normalized spacial score (nSPS) is 12.2. The minimum atomic E-state index is -0.366. The molecule has 0 aliphatic heterocycles. The SMILES string of the molecule is COc1cc(CNCC(C)O)ccc1OCc1c(C)noc1C. The second kappa shape index (κ2) is 7.99. The molecule has 0 radical (unpaired) electrons. The Morgan fingerprint density at radius 3 is 2.70 bits per heavy atom. The van der Waals surface area contributed by atoms with E-state index in [0.717, 1.165) is 22.6 Å². The summed E-state index contributed by atoms with van der Waals surface area (Å²) in [6.07, 6.45) is -0.366. The minimum absolute atomic E-state index is 0.366. The Kier molecular flexibility index (Phi) is 6.01. The van der Waals surface area contributed by atoms with Gasteiger partial charge in [0.25, 0.3) is 0 Å². The molecule has 1 atom stereocenters. The minimum Gasteiger partial charge on any atom is -0.493 e. The van der Waals surface area contributed by atoms with Crippen molar-refractivity contribution in [3.63, 3.8) is 0 Å². The molecule has 126 valence electrons. The lowest BCUT2D eigenvalue weighted by atomic mass is 10.2. The van der Waals surface area contributed by atoms with Gasteiger partial charge < -0.3 is 24.4 Å². The number of aromatic nitrogens is 1. The van der Waals surface area contributed by atoms with Gasteiger partial charge in [0, 0.05) is 13.1 Å². The van der Waals surface area contributed by atoms with Crippen molar-refractivity contribution in [2.45, 2.75) is 40.0 Å². The highest BCUT2D eigenvalue weighted by Crippen LogP contribution is 2.29. The van der Waals surface area contributed by atoms with Crippen LogP contribution in [0.5, 0.6) is 11.5 Å². The smallest absolute Gasteiger partial charge is 0.161 e. The number of aryl methyl sites for hydroxylation is 2. The highest BCUT2D eigenvalue weighted by atomic mass is 16.5. The molecular weight excluding hydrogens is 296 g/mol. The lowest BCUT2D eigenvalue weighted by Gasteiger charge is -2.13. The van der Waals surface area contributed by atoms with Crippen LogP contribution in [0.3, 0.4) is 0 Å². The fraction of sp³-hybridized carbons (Fsp3) is 0.471. The molecule has 2 aromatic rings. The number of hydrogen-bond donors (Lipinski definition) is 2. The summed E-state index contributed by atoms with van der Waals surface area (Å²) in [4.78, 5) is 0. The maximum atomic E-state index is 9.26. The van der Waals surface area contributed by atoms with Crippen molar-refractivity contribution in [1.82, 2.24) is 10.5 Å². The Balaban J connectivity index is 2.01. The average Bonchev–Trinajstić information content (AvgIpc) is 2.84. The number of nitrogens with zero attached hydrogens (tertiary/aromatic N) is 1. The summed E-state index contributed by atoms with van der Waals surface area (Å²) >= 11 is 0. The van der Waals surface area contributed by atoms with Crippen LogP contribution in [0.1, 0.15) is 29.5 Å². The molecule has 0 saturated carbocycles. The van der Waals surface area contributed by atoms with Crippen molar-refractivity contribution < 1.29 is 19.1 Å². The quantitative estimate of drug-likeness (QED) is 0.777. The van der Waals surface area contributed by atoms with Crippen LogP contribution in [-0.2, 0) is 13.2 Å². The van der Waals surface area contributed by atoms with Gasteiger partial charge in [-0.3, -0.25) is 0 Å². The van der Waals surface area contributed by atoms with Gasteiger partial charge in [-0.2, -0.15) is 0 Å². The molecule has 0 bridgehead atoms. The van der Waals surface area contributed by atoms with Gasteiger partial charge in [-0.25, -0.2) is 0 Å². The first-order valence-corrected chi connectivity index (χ1v) is 7.61. The highest BCUT2D eigenvalue weighted by molar-refractivity contribution is 5.43. The Morgan fingerprint density at radius 1 is 1.30 bits per heavy atom. The van der Waals surface area contributed by atoms with Gasteiger partial charge in [-0.15, -0.1) is 0 Å². The number of rotatable bonds is 8. The summed E-state index contributed by atoms with van der Waals surface area (Å²) in [6.45, 7) is 7.10. The second-order valence-corrected chi connectivity index (χ2v) is 5.56. The van der Waals surface area contributed by atoms with Gasteiger partial charge in [0.1, 0.15) is 12.4 Å². The third kappa shape index (κ3) is 4.71. The first-order chi connectivity index (χ1) is 11.0. The van der Waals surface area contributed by atoms with Crippen LogP contribution < -0.4 is 14.8 Å². The monoisotopic (exact) mass is 320 g/mol. The molecule has 1 aromatic carbocycles. The molecule has 0 aliphatic carbocycles. The van der Waals surface area contributed by atoms with Crippen LogP contribution >= 0.6 is 0 Å². The van der Waals surface area contributed by atoms with E-state index in [9.17, 15) is 5.11 Å². The molecule has 0 saturated heterocycles. The van der Waals surface area contributed by atoms with Crippen molar-refractivity contribution >= 4 is 0 Å². The highest BCUT2D eigenvalue weighted by Gasteiger charge is 2.12. The zero-order chi connectivity index (χ0) is 16.8. The lowest BCUT2D eigenvalue weighted by molar-refractivity contribution is 0.191. The second-order valence-electron chi connectivity index (χ2n) is 5.56. The average molecular weight is 320 g/mol. The largest absolute Gasteiger partial charge is 0.493 e. The van der Waals surface area contributed by atoms with Crippen molar-refractivity contribution in [1.29, 1.82) is 0 Å². The number of nitrogens with one attached hydrogen (secondary N) is 1. The summed E-state index contributed by atoms with van der Waals surface area (Å²) in [5.74, 6) is 2.11. The van der Waals surface area contributed by atoms with E-state index in [4.69, 9.17) is 14.0 Å². The molecule has 0 fully saturated rings. The maximum Gasteiger partial charge on any atom is 0.161 e. The third-order valence-electron chi connectivity index (χ3n) is 3.55. The number of benzene rings is 1. The van der Waals surface area contributed by atoms with Crippen LogP contribution in [0.2, 0.25) is 0 Å². The summed E-state index contributed by atoms with van der Waals surface area (Å²) in [5, 5.41) is 16.4. The molecule has 1 unspecified atom stereocenters. The Hall–Kier alpha value is -2.05. The van der Waals surface area contributed by atoms with Gasteiger partial charge in [-0.05, 0) is 38.5 Å². The van der Waals surface area contributed by atoms with Gasteiger partial charge in [0.2, 0.25) is 0 Å². The first-order valence-electron chi connectivity index (χ1n) is 7.61. The molecular formula is C17H24N2O4. The summed E-state index contributed by atoms with van der Waals surface area (Å²) in [6, 6.07) is 5.79. The molecule has 6 heteroatoms. The van der Waals surface area contributed by atoms with Crippen molar-refractivity contribution in [3.05, 3.63) is 40.8 Å². The number of methoxy groups -OCH3 is 1. The molecule has 1 heterocycles. The van der Waals surface area contributed by atoms with Crippen LogP contribution in [0.25, 0.3) is 0 Å². The van der Waals surface area contributed by atoms with E-state index in [1.807, 2.05) is 32.0 Å². The lowest BCUT2D eigenvalue weighted by Crippen LogP contribution is -2.23. The number of aliphatic hydroxyl groups is 1. The van der Waals surface area contributed by atoms with Gasteiger partial charge in [-0.1, -0.05) is 11.2 Å². The standard InChI is InChI=1S/C17H24N2O4/c1-11(20)8-18-9-14-5-6-16(17(7-14)21-4)22-10-15-12(2)19-23-13(15)3/h5-7,11,18,20H,8-10H2,1-4H3. The fourth-order valence-corrected chi connectivity index (χ4v) is 2.22. The van der Waals surface area contributed by atoms with E-state index in [2.05, 4.69) is 10.5 Å². The van der Waals surface area contributed by atoms with E-state index >= 15 is 0 Å². The van der Waals surface area contributed by atoms with Gasteiger partial charge in [0.15, 0.2) is 11.5 Å². The predicted octanol–water partition coefficient (Wildman–Crippen LogP) is 2.35. The van der Waals surface area contributed by atoms with Crippen LogP contribution in [-0.4, -0.2) is 30.0 Å². The van der Waals surface area contributed by atoms with Crippen molar-refractivity contribution in [2.24, 2.45) is 0 Å².